The predicted molar refractivity (Wildman–Crippen MR) is 103 cm³/mol. The van der Waals surface area contributed by atoms with E-state index < -0.39 is 0 Å². The number of rotatable bonds is 4. The van der Waals surface area contributed by atoms with Gasteiger partial charge in [0.15, 0.2) is 11.5 Å². The van der Waals surface area contributed by atoms with Crippen LogP contribution in [0.15, 0.2) is 28.9 Å². The van der Waals surface area contributed by atoms with Gasteiger partial charge in [-0.25, -0.2) is 4.68 Å². The van der Waals surface area contributed by atoms with E-state index in [-0.39, 0.29) is 11.9 Å². The van der Waals surface area contributed by atoms with Gasteiger partial charge in [0.1, 0.15) is 0 Å². The Hall–Kier alpha value is -3.03. The number of aryl methyl sites for hydroxylation is 3. The second kappa shape index (κ2) is 7.53. The summed E-state index contributed by atoms with van der Waals surface area (Å²) >= 11 is 0. The van der Waals surface area contributed by atoms with Crippen LogP contribution >= 0.6 is 0 Å². The van der Waals surface area contributed by atoms with Gasteiger partial charge in [0.05, 0.1) is 12.2 Å². The molecule has 0 radical (unpaired) electrons. The van der Waals surface area contributed by atoms with E-state index in [0.717, 1.165) is 36.1 Å². The molecule has 1 atom stereocenters. The Morgan fingerprint density at radius 3 is 2.75 bits per heavy atom. The van der Waals surface area contributed by atoms with Crippen molar-refractivity contribution in [3.63, 3.8) is 0 Å². The van der Waals surface area contributed by atoms with Gasteiger partial charge in [-0.2, -0.15) is 4.98 Å². The molecular weight excluding hydrogens is 356 g/mol. The zero-order valence-electron chi connectivity index (χ0n) is 16.4. The van der Waals surface area contributed by atoms with Gasteiger partial charge in [-0.3, -0.25) is 4.79 Å². The normalized spacial score (nSPS) is 17.1. The molecule has 1 fully saturated rings. The predicted octanol–water partition coefficient (Wildman–Crippen LogP) is 2.98. The van der Waals surface area contributed by atoms with Crippen molar-refractivity contribution in [2.24, 2.45) is 0 Å². The molecule has 0 saturated carbocycles. The zero-order valence-corrected chi connectivity index (χ0v) is 16.4. The first-order chi connectivity index (χ1) is 13.5. The fourth-order valence-electron chi connectivity index (χ4n) is 3.69. The van der Waals surface area contributed by atoms with Crippen molar-refractivity contribution in [2.45, 2.75) is 46.1 Å². The van der Waals surface area contributed by atoms with Crippen LogP contribution in [0.25, 0.3) is 11.6 Å². The average Bonchev–Trinajstić information content (AvgIpc) is 3.36. The Morgan fingerprint density at radius 1 is 1.25 bits per heavy atom. The molecule has 8 nitrogen and oxygen atoms in total. The van der Waals surface area contributed by atoms with Gasteiger partial charge in [-0.1, -0.05) is 34.5 Å². The Kier molecular flexibility index (Phi) is 4.93. The number of hydrogen-bond donors (Lipinski definition) is 0. The maximum Gasteiger partial charge on any atom is 0.280 e. The van der Waals surface area contributed by atoms with Crippen molar-refractivity contribution in [2.75, 3.05) is 13.1 Å². The van der Waals surface area contributed by atoms with E-state index in [2.05, 4.69) is 26.5 Å². The molecule has 2 aromatic heterocycles. The fourth-order valence-corrected chi connectivity index (χ4v) is 3.69. The Balaban J connectivity index is 1.50. The highest BCUT2D eigenvalue weighted by molar-refractivity contribution is 5.94. The number of piperidine rings is 1. The SMILES string of the molecule is CCc1noc(-c2cn(C3CCCN(C(=O)c4cc(C)cc(C)c4)C3)nn2)n1. The Labute approximate surface area is 163 Å². The molecular formula is C20H24N6O2. The highest BCUT2D eigenvalue weighted by Crippen LogP contribution is 2.24. The molecule has 4 rings (SSSR count). The van der Waals surface area contributed by atoms with Gasteiger partial charge in [0, 0.05) is 25.1 Å². The summed E-state index contributed by atoms with van der Waals surface area (Å²) in [5.74, 6) is 1.09. The Morgan fingerprint density at radius 2 is 2.04 bits per heavy atom. The lowest BCUT2D eigenvalue weighted by atomic mass is 10.0. The van der Waals surface area contributed by atoms with Crippen LogP contribution in [0.1, 0.15) is 53.1 Å². The summed E-state index contributed by atoms with van der Waals surface area (Å²) in [6.45, 7) is 7.36. The smallest absolute Gasteiger partial charge is 0.280 e. The lowest BCUT2D eigenvalue weighted by Gasteiger charge is -2.32. The van der Waals surface area contributed by atoms with Crippen LogP contribution in [0.4, 0.5) is 0 Å². The largest absolute Gasteiger partial charge is 0.337 e. The molecule has 146 valence electrons. The first-order valence-corrected chi connectivity index (χ1v) is 9.66. The van der Waals surface area contributed by atoms with Gasteiger partial charge in [-0.05, 0) is 38.8 Å². The highest BCUT2D eigenvalue weighted by atomic mass is 16.5. The zero-order chi connectivity index (χ0) is 19.7. The van der Waals surface area contributed by atoms with Crippen LogP contribution in [0.2, 0.25) is 0 Å². The van der Waals surface area contributed by atoms with Crippen LogP contribution in [-0.4, -0.2) is 49.0 Å². The summed E-state index contributed by atoms with van der Waals surface area (Å²) in [4.78, 5) is 19.2. The van der Waals surface area contributed by atoms with Gasteiger partial charge < -0.3 is 9.42 Å². The van der Waals surface area contributed by atoms with E-state index in [1.54, 1.807) is 0 Å². The van der Waals surface area contributed by atoms with Crippen molar-refractivity contribution >= 4 is 5.91 Å². The summed E-state index contributed by atoms with van der Waals surface area (Å²) < 4.78 is 7.05. The van der Waals surface area contributed by atoms with E-state index in [9.17, 15) is 4.79 Å². The van der Waals surface area contributed by atoms with E-state index in [1.165, 1.54) is 0 Å². The molecule has 3 aromatic rings. The number of aromatic nitrogens is 5. The number of carbonyl (C=O) groups excluding carboxylic acids is 1. The highest BCUT2D eigenvalue weighted by Gasteiger charge is 2.27. The number of likely N-dealkylation sites (tertiary alicyclic amines) is 1. The third-order valence-electron chi connectivity index (χ3n) is 5.04. The molecule has 0 spiro atoms. The maximum absolute atomic E-state index is 13.0. The topological polar surface area (TPSA) is 89.9 Å². The molecule has 1 aromatic carbocycles. The minimum absolute atomic E-state index is 0.0707. The second-order valence-corrected chi connectivity index (χ2v) is 7.38. The average molecular weight is 380 g/mol. The minimum atomic E-state index is 0.0707. The quantitative estimate of drug-likeness (QED) is 0.691. The number of nitrogens with zero attached hydrogens (tertiary/aromatic N) is 6. The first kappa shape index (κ1) is 18.3. The standard InChI is InChI=1S/C20H24N6O2/c1-4-18-21-19(28-23-18)17-12-26(24-22-17)16-6-5-7-25(11-16)20(27)15-9-13(2)8-14(3)10-15/h8-10,12,16H,4-7,11H2,1-3H3. The van der Waals surface area contributed by atoms with Crippen molar-refractivity contribution in [3.05, 3.63) is 46.9 Å². The van der Waals surface area contributed by atoms with Gasteiger partial charge in [0.25, 0.3) is 11.8 Å². The van der Waals surface area contributed by atoms with Gasteiger partial charge in [-0.15, -0.1) is 5.10 Å². The van der Waals surface area contributed by atoms with E-state index >= 15 is 0 Å². The molecule has 1 aliphatic heterocycles. The summed E-state index contributed by atoms with van der Waals surface area (Å²) in [6.07, 6.45) is 4.40. The van der Waals surface area contributed by atoms with Crippen molar-refractivity contribution in [1.29, 1.82) is 0 Å². The first-order valence-electron chi connectivity index (χ1n) is 9.66. The van der Waals surface area contributed by atoms with Crippen LogP contribution in [0.3, 0.4) is 0 Å². The number of hydrogen-bond acceptors (Lipinski definition) is 6. The third-order valence-corrected chi connectivity index (χ3v) is 5.04. The molecule has 0 bridgehead atoms. The van der Waals surface area contributed by atoms with E-state index in [1.807, 2.05) is 48.7 Å². The van der Waals surface area contributed by atoms with Gasteiger partial charge in [0.2, 0.25) is 0 Å². The molecule has 8 heteroatoms. The molecule has 1 aliphatic rings. The summed E-state index contributed by atoms with van der Waals surface area (Å²) in [5.41, 5.74) is 3.51. The summed E-state index contributed by atoms with van der Waals surface area (Å²) in [5, 5.41) is 12.3. The molecule has 1 amide bonds. The molecule has 28 heavy (non-hydrogen) atoms. The number of amides is 1. The molecule has 3 heterocycles. The molecule has 1 unspecified atom stereocenters. The van der Waals surface area contributed by atoms with Crippen LogP contribution in [0.5, 0.6) is 0 Å². The van der Waals surface area contributed by atoms with Crippen LogP contribution in [-0.2, 0) is 6.42 Å². The molecule has 0 N–H and O–H groups in total. The summed E-state index contributed by atoms with van der Waals surface area (Å²) in [6, 6.07) is 6.06. The number of benzene rings is 1. The number of carbonyl (C=O) groups is 1. The van der Waals surface area contributed by atoms with Crippen molar-refractivity contribution in [1.82, 2.24) is 30.0 Å². The van der Waals surface area contributed by atoms with Gasteiger partial charge >= 0.3 is 0 Å². The lowest BCUT2D eigenvalue weighted by molar-refractivity contribution is 0.0671. The van der Waals surface area contributed by atoms with E-state index in [0.29, 0.717) is 30.4 Å². The van der Waals surface area contributed by atoms with Crippen molar-refractivity contribution in [3.8, 4) is 11.6 Å². The lowest BCUT2D eigenvalue weighted by Crippen LogP contribution is -2.40. The monoisotopic (exact) mass is 380 g/mol. The van der Waals surface area contributed by atoms with E-state index in [4.69, 9.17) is 4.52 Å². The molecule has 1 saturated heterocycles. The second-order valence-electron chi connectivity index (χ2n) is 7.38. The molecule has 0 aliphatic carbocycles. The van der Waals surface area contributed by atoms with Crippen LogP contribution in [0, 0.1) is 13.8 Å². The van der Waals surface area contributed by atoms with Crippen LogP contribution < -0.4 is 0 Å². The Bertz CT molecular complexity index is 972. The maximum atomic E-state index is 13.0. The van der Waals surface area contributed by atoms with Crippen molar-refractivity contribution < 1.29 is 9.32 Å². The third kappa shape index (κ3) is 3.67. The fraction of sp³-hybridized carbons (Fsp3) is 0.450. The summed E-state index contributed by atoms with van der Waals surface area (Å²) in [7, 11) is 0. The minimum Gasteiger partial charge on any atom is -0.337 e.